The molecule has 0 spiro atoms. The molecule has 2 atom stereocenters. The summed E-state index contributed by atoms with van der Waals surface area (Å²) >= 11 is 3.67. The predicted octanol–water partition coefficient (Wildman–Crippen LogP) is 4.00. The molecule has 0 aliphatic carbocycles. The molecule has 0 aliphatic heterocycles. The van der Waals surface area contributed by atoms with Crippen LogP contribution in [0, 0.1) is 5.92 Å². The van der Waals surface area contributed by atoms with Gasteiger partial charge in [0.1, 0.15) is 0 Å². The number of alkyl halides is 1. The largest absolute Gasteiger partial charge is 0.381 e. The van der Waals surface area contributed by atoms with E-state index in [0.29, 0.717) is 4.83 Å². The molecule has 0 saturated heterocycles. The van der Waals surface area contributed by atoms with E-state index in [9.17, 15) is 0 Å². The van der Waals surface area contributed by atoms with Gasteiger partial charge in [0, 0.05) is 18.0 Å². The summed E-state index contributed by atoms with van der Waals surface area (Å²) in [5.74, 6) is 0.728. The zero-order chi connectivity index (χ0) is 10.1. The van der Waals surface area contributed by atoms with Crippen molar-refractivity contribution in [1.82, 2.24) is 0 Å². The van der Waals surface area contributed by atoms with Gasteiger partial charge in [0.15, 0.2) is 0 Å². The summed E-state index contributed by atoms with van der Waals surface area (Å²) in [6.07, 6.45) is 4.80. The van der Waals surface area contributed by atoms with Crippen LogP contribution in [0.1, 0.15) is 46.5 Å². The van der Waals surface area contributed by atoms with Crippen LogP contribution >= 0.6 is 15.9 Å². The molecule has 0 N–H and O–H groups in total. The summed E-state index contributed by atoms with van der Waals surface area (Å²) in [5.41, 5.74) is 0. The Morgan fingerprint density at radius 2 is 1.92 bits per heavy atom. The number of ether oxygens (including phenoxy) is 1. The fourth-order valence-corrected chi connectivity index (χ4v) is 1.47. The Balaban J connectivity index is 3.21. The first-order chi connectivity index (χ1) is 6.22. The molecule has 0 heterocycles. The third-order valence-corrected chi connectivity index (χ3v) is 3.92. The summed E-state index contributed by atoms with van der Waals surface area (Å²) in [6, 6.07) is 0. The van der Waals surface area contributed by atoms with Gasteiger partial charge in [-0.15, -0.1) is 0 Å². The minimum absolute atomic E-state index is 0.655. The molecule has 2 heteroatoms. The maximum Gasteiger partial charge on any atom is 0.0468 e. The molecule has 0 bridgehead atoms. The van der Waals surface area contributed by atoms with Crippen molar-refractivity contribution in [2.75, 3.05) is 13.2 Å². The van der Waals surface area contributed by atoms with Gasteiger partial charge in [0.25, 0.3) is 0 Å². The highest BCUT2D eigenvalue weighted by Crippen LogP contribution is 2.19. The Hall–Kier alpha value is 0.440. The number of rotatable bonds is 8. The van der Waals surface area contributed by atoms with Gasteiger partial charge in [-0.25, -0.2) is 0 Å². The Labute approximate surface area is 91.4 Å². The zero-order valence-corrected chi connectivity index (χ0v) is 10.8. The quantitative estimate of drug-likeness (QED) is 0.468. The molecule has 0 amide bonds. The molecule has 13 heavy (non-hydrogen) atoms. The van der Waals surface area contributed by atoms with Crippen molar-refractivity contribution in [3.8, 4) is 0 Å². The lowest BCUT2D eigenvalue weighted by atomic mass is 10.0. The van der Waals surface area contributed by atoms with Crippen molar-refractivity contribution < 1.29 is 4.74 Å². The second kappa shape index (κ2) is 9.01. The maximum atomic E-state index is 5.52. The first-order valence-corrected chi connectivity index (χ1v) is 6.35. The monoisotopic (exact) mass is 250 g/mol. The highest BCUT2D eigenvalue weighted by Gasteiger charge is 2.10. The second-order valence-electron chi connectivity index (χ2n) is 3.66. The van der Waals surface area contributed by atoms with Crippen LogP contribution in [0.2, 0.25) is 0 Å². The van der Waals surface area contributed by atoms with Crippen molar-refractivity contribution in [1.29, 1.82) is 0 Å². The van der Waals surface area contributed by atoms with Gasteiger partial charge in [-0.2, -0.15) is 0 Å². The molecule has 0 aromatic heterocycles. The van der Waals surface area contributed by atoms with Gasteiger partial charge < -0.3 is 4.74 Å². The summed E-state index contributed by atoms with van der Waals surface area (Å²) in [6.45, 7) is 8.54. The lowest BCUT2D eigenvalue weighted by Crippen LogP contribution is -2.12. The fraction of sp³-hybridized carbons (Fsp3) is 1.00. The highest BCUT2D eigenvalue weighted by atomic mass is 79.9. The lowest BCUT2D eigenvalue weighted by molar-refractivity contribution is 0.119. The Morgan fingerprint density at radius 3 is 2.46 bits per heavy atom. The molecule has 0 aliphatic rings. The van der Waals surface area contributed by atoms with Crippen LogP contribution < -0.4 is 0 Å². The maximum absolute atomic E-state index is 5.52. The molecule has 0 fully saturated rings. The number of halogens is 1. The van der Waals surface area contributed by atoms with Gasteiger partial charge in [-0.05, 0) is 25.2 Å². The molecular formula is C11H23BrO. The molecule has 0 saturated carbocycles. The van der Waals surface area contributed by atoms with Crippen molar-refractivity contribution in [2.24, 2.45) is 5.92 Å². The van der Waals surface area contributed by atoms with Crippen LogP contribution in [0.3, 0.4) is 0 Å². The SMILES string of the molecule is CCCCOCCC(C)C(Br)CC. The van der Waals surface area contributed by atoms with E-state index in [-0.39, 0.29) is 0 Å². The van der Waals surface area contributed by atoms with Gasteiger partial charge in [-0.3, -0.25) is 0 Å². The number of hydrogen-bond acceptors (Lipinski definition) is 1. The van der Waals surface area contributed by atoms with E-state index >= 15 is 0 Å². The molecule has 0 rings (SSSR count). The van der Waals surface area contributed by atoms with Crippen LogP contribution in [0.4, 0.5) is 0 Å². The summed E-state index contributed by atoms with van der Waals surface area (Å²) in [5, 5.41) is 0. The van der Waals surface area contributed by atoms with Crippen LogP contribution in [0.25, 0.3) is 0 Å². The number of unbranched alkanes of at least 4 members (excludes halogenated alkanes) is 1. The average Bonchev–Trinajstić information content (AvgIpc) is 2.16. The van der Waals surface area contributed by atoms with E-state index in [1.165, 1.54) is 25.7 Å². The molecule has 80 valence electrons. The lowest BCUT2D eigenvalue weighted by Gasteiger charge is -2.16. The smallest absolute Gasteiger partial charge is 0.0468 e. The Bertz CT molecular complexity index is 106. The van der Waals surface area contributed by atoms with E-state index in [0.717, 1.165) is 19.1 Å². The van der Waals surface area contributed by atoms with Gasteiger partial charge in [-0.1, -0.05) is 43.1 Å². The summed E-state index contributed by atoms with van der Waals surface area (Å²) < 4.78 is 5.52. The molecule has 0 aromatic rings. The van der Waals surface area contributed by atoms with E-state index in [1.54, 1.807) is 0 Å². The van der Waals surface area contributed by atoms with Crippen molar-refractivity contribution in [2.45, 2.75) is 51.3 Å². The zero-order valence-electron chi connectivity index (χ0n) is 9.18. The Kier molecular flexibility index (Phi) is 9.32. The number of hydrogen-bond donors (Lipinski definition) is 0. The highest BCUT2D eigenvalue weighted by molar-refractivity contribution is 9.09. The minimum atomic E-state index is 0.655. The van der Waals surface area contributed by atoms with E-state index in [2.05, 4.69) is 36.7 Å². The third-order valence-electron chi connectivity index (χ3n) is 2.37. The van der Waals surface area contributed by atoms with E-state index in [4.69, 9.17) is 4.74 Å². The van der Waals surface area contributed by atoms with E-state index in [1.807, 2.05) is 0 Å². The predicted molar refractivity (Wildman–Crippen MR) is 62.5 cm³/mol. The van der Waals surface area contributed by atoms with Gasteiger partial charge in [0.05, 0.1) is 0 Å². The fourth-order valence-electron chi connectivity index (χ4n) is 1.20. The molecule has 0 radical (unpaired) electrons. The van der Waals surface area contributed by atoms with Gasteiger partial charge >= 0.3 is 0 Å². The van der Waals surface area contributed by atoms with Crippen LogP contribution in [0.5, 0.6) is 0 Å². The molecular weight excluding hydrogens is 228 g/mol. The first kappa shape index (κ1) is 13.4. The second-order valence-corrected chi connectivity index (χ2v) is 4.83. The van der Waals surface area contributed by atoms with Crippen molar-refractivity contribution in [3.05, 3.63) is 0 Å². The standard InChI is InChI=1S/C11H23BrO/c1-4-6-8-13-9-7-10(3)11(12)5-2/h10-11H,4-9H2,1-3H3. The van der Waals surface area contributed by atoms with Crippen LogP contribution in [-0.2, 0) is 4.74 Å². The van der Waals surface area contributed by atoms with Crippen molar-refractivity contribution in [3.63, 3.8) is 0 Å². The van der Waals surface area contributed by atoms with Crippen LogP contribution in [0.15, 0.2) is 0 Å². The minimum Gasteiger partial charge on any atom is -0.381 e. The molecule has 0 aromatic carbocycles. The van der Waals surface area contributed by atoms with Gasteiger partial charge in [0.2, 0.25) is 0 Å². The molecule has 1 nitrogen and oxygen atoms in total. The third kappa shape index (κ3) is 7.51. The van der Waals surface area contributed by atoms with Crippen molar-refractivity contribution >= 4 is 15.9 Å². The summed E-state index contributed by atoms with van der Waals surface area (Å²) in [4.78, 5) is 0.655. The van der Waals surface area contributed by atoms with Crippen LogP contribution in [-0.4, -0.2) is 18.0 Å². The molecule has 2 unspecified atom stereocenters. The normalized spacial score (nSPS) is 15.7. The average molecular weight is 251 g/mol. The topological polar surface area (TPSA) is 9.23 Å². The first-order valence-electron chi connectivity index (χ1n) is 5.44. The summed E-state index contributed by atoms with van der Waals surface area (Å²) in [7, 11) is 0. The Morgan fingerprint density at radius 1 is 1.23 bits per heavy atom. The van der Waals surface area contributed by atoms with E-state index < -0.39 is 0 Å².